The number of hydrogen-bond acceptors (Lipinski definition) is 5. The number of aromatic nitrogens is 2. The minimum Gasteiger partial charge on any atom is -0.383 e. The third-order valence-electron chi connectivity index (χ3n) is 4.22. The summed E-state index contributed by atoms with van der Waals surface area (Å²) in [6.45, 7) is 4.27. The van der Waals surface area contributed by atoms with E-state index in [0.717, 1.165) is 29.1 Å². The fourth-order valence-electron chi connectivity index (χ4n) is 3.08. The van der Waals surface area contributed by atoms with Crippen molar-refractivity contribution in [1.82, 2.24) is 14.9 Å². The Kier molecular flexibility index (Phi) is 4.17. The van der Waals surface area contributed by atoms with Crippen molar-refractivity contribution in [3.8, 4) is 0 Å². The second-order valence-electron chi connectivity index (χ2n) is 5.55. The zero-order valence-corrected chi connectivity index (χ0v) is 12.8. The second kappa shape index (κ2) is 6.06. The summed E-state index contributed by atoms with van der Waals surface area (Å²) in [6, 6.07) is 2.67. The standard InChI is InChI=1S/C15H22N4S/c1-2-11-6-4-3-5-8-19(11)10-13-17-14(16)12-7-9-20-15(12)18-13/h7,9,11H,2-6,8,10H2,1H3,(H2,16,17,18). The zero-order valence-electron chi connectivity index (χ0n) is 12.0. The van der Waals surface area contributed by atoms with Crippen LogP contribution in [0.3, 0.4) is 0 Å². The number of likely N-dealkylation sites (tertiary alicyclic amines) is 1. The van der Waals surface area contributed by atoms with Gasteiger partial charge >= 0.3 is 0 Å². The molecule has 20 heavy (non-hydrogen) atoms. The molecule has 5 heteroatoms. The summed E-state index contributed by atoms with van der Waals surface area (Å²) < 4.78 is 0. The van der Waals surface area contributed by atoms with Crippen molar-refractivity contribution in [3.05, 3.63) is 17.3 Å². The summed E-state index contributed by atoms with van der Waals surface area (Å²) in [6.07, 6.45) is 6.49. The van der Waals surface area contributed by atoms with Gasteiger partial charge in [-0.1, -0.05) is 19.8 Å². The normalized spacial score (nSPS) is 21.1. The first-order valence-electron chi connectivity index (χ1n) is 7.51. The third-order valence-corrected chi connectivity index (χ3v) is 5.02. The Morgan fingerprint density at radius 2 is 2.25 bits per heavy atom. The van der Waals surface area contributed by atoms with Crippen LogP contribution in [0.15, 0.2) is 11.4 Å². The molecule has 0 aromatic carbocycles. The van der Waals surface area contributed by atoms with Crippen LogP contribution in [0.4, 0.5) is 5.82 Å². The second-order valence-corrected chi connectivity index (χ2v) is 6.44. The van der Waals surface area contributed by atoms with E-state index in [-0.39, 0.29) is 0 Å². The molecular formula is C15H22N4S. The zero-order chi connectivity index (χ0) is 13.9. The van der Waals surface area contributed by atoms with Crippen molar-refractivity contribution in [2.75, 3.05) is 12.3 Å². The van der Waals surface area contributed by atoms with Crippen LogP contribution in [0, 0.1) is 0 Å². The molecule has 2 aromatic heterocycles. The van der Waals surface area contributed by atoms with Crippen molar-refractivity contribution in [1.29, 1.82) is 0 Å². The van der Waals surface area contributed by atoms with Gasteiger partial charge in [0.1, 0.15) is 16.5 Å². The average Bonchev–Trinajstić information content (AvgIpc) is 2.80. The molecule has 0 amide bonds. The molecule has 0 radical (unpaired) electrons. The van der Waals surface area contributed by atoms with E-state index >= 15 is 0 Å². The molecule has 1 saturated heterocycles. The molecule has 1 unspecified atom stereocenters. The molecule has 2 N–H and O–H groups in total. The van der Waals surface area contributed by atoms with Gasteiger partial charge in [-0.2, -0.15) is 0 Å². The van der Waals surface area contributed by atoms with Crippen LogP contribution in [0.2, 0.25) is 0 Å². The minimum atomic E-state index is 0.620. The van der Waals surface area contributed by atoms with E-state index in [1.165, 1.54) is 32.1 Å². The van der Waals surface area contributed by atoms with E-state index in [0.29, 0.717) is 11.9 Å². The predicted octanol–water partition coefficient (Wildman–Crippen LogP) is 3.43. The van der Waals surface area contributed by atoms with Crippen molar-refractivity contribution >= 4 is 27.4 Å². The molecule has 1 atom stereocenters. The number of nitrogen functional groups attached to an aromatic ring is 1. The Balaban J connectivity index is 1.83. The van der Waals surface area contributed by atoms with Gasteiger partial charge in [-0.25, -0.2) is 9.97 Å². The highest BCUT2D eigenvalue weighted by Gasteiger charge is 2.20. The SMILES string of the molecule is CCC1CCCCCN1Cc1nc(N)c2ccsc2n1. The van der Waals surface area contributed by atoms with Gasteiger partial charge < -0.3 is 5.73 Å². The van der Waals surface area contributed by atoms with Gasteiger partial charge in [-0.15, -0.1) is 11.3 Å². The van der Waals surface area contributed by atoms with E-state index < -0.39 is 0 Å². The molecule has 0 spiro atoms. The van der Waals surface area contributed by atoms with Gasteiger partial charge in [0, 0.05) is 6.04 Å². The maximum atomic E-state index is 6.04. The van der Waals surface area contributed by atoms with Crippen molar-refractivity contribution < 1.29 is 0 Å². The number of hydrogen-bond donors (Lipinski definition) is 1. The summed E-state index contributed by atoms with van der Waals surface area (Å²) >= 11 is 1.64. The van der Waals surface area contributed by atoms with Crippen LogP contribution in [0.5, 0.6) is 0 Å². The first-order chi connectivity index (χ1) is 9.78. The Labute approximate surface area is 124 Å². The Bertz CT molecular complexity index is 580. The maximum Gasteiger partial charge on any atom is 0.146 e. The summed E-state index contributed by atoms with van der Waals surface area (Å²) in [5.41, 5.74) is 6.04. The Hall–Kier alpha value is -1.20. The van der Waals surface area contributed by atoms with Crippen LogP contribution in [-0.2, 0) is 6.54 Å². The van der Waals surface area contributed by atoms with Gasteiger partial charge in [0.2, 0.25) is 0 Å². The number of thiophene rings is 1. The van der Waals surface area contributed by atoms with E-state index in [9.17, 15) is 0 Å². The lowest BCUT2D eigenvalue weighted by Gasteiger charge is -2.28. The minimum absolute atomic E-state index is 0.620. The largest absolute Gasteiger partial charge is 0.383 e. The molecule has 1 fully saturated rings. The molecular weight excluding hydrogens is 268 g/mol. The van der Waals surface area contributed by atoms with Crippen LogP contribution in [-0.4, -0.2) is 27.5 Å². The molecule has 108 valence electrons. The summed E-state index contributed by atoms with van der Waals surface area (Å²) in [5, 5.41) is 3.02. The van der Waals surface area contributed by atoms with Gasteiger partial charge in [0.15, 0.2) is 0 Å². The lowest BCUT2D eigenvalue weighted by Crippen LogP contribution is -2.34. The van der Waals surface area contributed by atoms with E-state index in [1.54, 1.807) is 11.3 Å². The van der Waals surface area contributed by atoms with Crippen molar-refractivity contribution in [3.63, 3.8) is 0 Å². The van der Waals surface area contributed by atoms with Crippen molar-refractivity contribution in [2.45, 2.75) is 51.6 Å². The van der Waals surface area contributed by atoms with Crippen LogP contribution >= 0.6 is 11.3 Å². The van der Waals surface area contributed by atoms with E-state index in [1.807, 2.05) is 11.4 Å². The molecule has 1 aliphatic rings. The van der Waals surface area contributed by atoms with Gasteiger partial charge in [-0.3, -0.25) is 4.90 Å². The summed E-state index contributed by atoms with van der Waals surface area (Å²) in [5.74, 6) is 1.49. The molecule has 0 aliphatic carbocycles. The van der Waals surface area contributed by atoms with Crippen molar-refractivity contribution in [2.24, 2.45) is 0 Å². The predicted molar refractivity (Wildman–Crippen MR) is 84.8 cm³/mol. The van der Waals surface area contributed by atoms with Gasteiger partial charge in [-0.05, 0) is 37.3 Å². The first kappa shape index (κ1) is 13.8. The van der Waals surface area contributed by atoms with Crippen LogP contribution < -0.4 is 5.73 Å². The molecule has 3 heterocycles. The molecule has 2 aromatic rings. The van der Waals surface area contributed by atoms with Gasteiger partial charge in [0.25, 0.3) is 0 Å². The van der Waals surface area contributed by atoms with Crippen LogP contribution in [0.1, 0.15) is 44.9 Å². The summed E-state index contributed by atoms with van der Waals surface area (Å²) in [4.78, 5) is 12.7. The smallest absolute Gasteiger partial charge is 0.146 e. The van der Waals surface area contributed by atoms with E-state index in [2.05, 4.69) is 21.8 Å². The topological polar surface area (TPSA) is 55.0 Å². The fraction of sp³-hybridized carbons (Fsp3) is 0.600. The number of anilines is 1. The Morgan fingerprint density at radius 1 is 1.35 bits per heavy atom. The molecule has 4 nitrogen and oxygen atoms in total. The Morgan fingerprint density at radius 3 is 3.10 bits per heavy atom. The number of nitrogens with two attached hydrogens (primary N) is 1. The lowest BCUT2D eigenvalue weighted by atomic mass is 10.1. The average molecular weight is 290 g/mol. The maximum absolute atomic E-state index is 6.04. The third kappa shape index (κ3) is 2.79. The lowest BCUT2D eigenvalue weighted by molar-refractivity contribution is 0.182. The fourth-order valence-corrected chi connectivity index (χ4v) is 3.87. The quantitative estimate of drug-likeness (QED) is 0.941. The summed E-state index contributed by atoms with van der Waals surface area (Å²) in [7, 11) is 0. The highest BCUT2D eigenvalue weighted by atomic mass is 32.1. The number of fused-ring (bicyclic) bond motifs is 1. The molecule has 0 bridgehead atoms. The molecule has 3 rings (SSSR count). The monoisotopic (exact) mass is 290 g/mol. The molecule has 0 saturated carbocycles. The first-order valence-corrected chi connectivity index (χ1v) is 8.39. The highest BCUT2D eigenvalue weighted by molar-refractivity contribution is 7.16. The van der Waals surface area contributed by atoms with Gasteiger partial charge in [0.05, 0.1) is 11.9 Å². The number of rotatable bonds is 3. The highest BCUT2D eigenvalue weighted by Crippen LogP contribution is 2.25. The number of nitrogens with zero attached hydrogens (tertiary/aromatic N) is 3. The molecule has 1 aliphatic heterocycles. The van der Waals surface area contributed by atoms with Crippen LogP contribution in [0.25, 0.3) is 10.2 Å². The van der Waals surface area contributed by atoms with E-state index in [4.69, 9.17) is 5.73 Å².